The molecule has 0 aliphatic carbocycles. The Balaban J connectivity index is 4.79. The summed E-state index contributed by atoms with van der Waals surface area (Å²) < 4.78 is 9.33. The second-order valence-electron chi connectivity index (χ2n) is 3.68. The summed E-state index contributed by atoms with van der Waals surface area (Å²) in [5.74, 6) is -2.65. The Labute approximate surface area is 116 Å². The summed E-state index contributed by atoms with van der Waals surface area (Å²) >= 11 is 0. The summed E-state index contributed by atoms with van der Waals surface area (Å²) in [4.78, 5) is 45.5. The highest BCUT2D eigenvalue weighted by molar-refractivity contribution is 6.03. The third-order valence-corrected chi connectivity index (χ3v) is 2.08. The minimum Gasteiger partial charge on any atom is -0.464 e. The fraction of sp³-hybridized carbons (Fsp3) is 0.636. The molecule has 0 aromatic carbocycles. The van der Waals surface area contributed by atoms with Gasteiger partial charge in [-0.05, 0) is 20.8 Å². The quantitative estimate of drug-likeness (QED) is 0.391. The fourth-order valence-electron chi connectivity index (χ4n) is 1.21. The van der Waals surface area contributed by atoms with E-state index >= 15 is 0 Å². The number of esters is 2. The maximum Gasteiger partial charge on any atom is 0.340 e. The number of ether oxygens (including phenoxy) is 2. The molecule has 0 aliphatic heterocycles. The molecule has 9 nitrogen and oxygen atoms in total. The Morgan fingerprint density at radius 1 is 1.00 bits per heavy atom. The first-order valence-corrected chi connectivity index (χ1v) is 6.03. The van der Waals surface area contributed by atoms with Crippen molar-refractivity contribution in [1.29, 1.82) is 0 Å². The number of nitrogens with one attached hydrogen (secondary N) is 2. The molecule has 0 aromatic heterocycles. The number of rotatable bonds is 7. The van der Waals surface area contributed by atoms with Gasteiger partial charge >= 0.3 is 18.0 Å². The predicted molar refractivity (Wildman–Crippen MR) is 67.4 cm³/mol. The third-order valence-electron chi connectivity index (χ3n) is 2.08. The Morgan fingerprint density at radius 2 is 1.45 bits per heavy atom. The minimum atomic E-state index is -1.58. The van der Waals surface area contributed by atoms with Gasteiger partial charge < -0.3 is 25.8 Å². The smallest absolute Gasteiger partial charge is 0.340 e. The van der Waals surface area contributed by atoms with Crippen molar-refractivity contribution >= 4 is 23.9 Å². The molecular formula is C11H19N3O6. The Kier molecular flexibility index (Phi) is 7.71. The van der Waals surface area contributed by atoms with Crippen molar-refractivity contribution in [2.45, 2.75) is 32.9 Å². The first-order chi connectivity index (χ1) is 9.33. The van der Waals surface area contributed by atoms with Crippen LogP contribution in [0, 0.1) is 0 Å². The summed E-state index contributed by atoms with van der Waals surface area (Å²) in [5.41, 5.74) is 4.86. The highest BCUT2D eigenvalue weighted by Crippen LogP contribution is 1.96. The molecule has 0 aliphatic rings. The molecular weight excluding hydrogens is 270 g/mol. The minimum absolute atomic E-state index is 0.0414. The van der Waals surface area contributed by atoms with Gasteiger partial charge in [-0.3, -0.25) is 4.79 Å². The Hall–Kier alpha value is -2.32. The molecule has 0 rings (SSSR count). The lowest BCUT2D eigenvalue weighted by atomic mass is 10.2. The van der Waals surface area contributed by atoms with Gasteiger partial charge in [0.25, 0.3) is 0 Å². The zero-order valence-electron chi connectivity index (χ0n) is 11.6. The van der Waals surface area contributed by atoms with Crippen LogP contribution >= 0.6 is 0 Å². The van der Waals surface area contributed by atoms with Crippen LogP contribution in [0.25, 0.3) is 0 Å². The lowest BCUT2D eigenvalue weighted by Crippen LogP contribution is -2.54. The lowest BCUT2D eigenvalue weighted by molar-refractivity contribution is -0.159. The number of carbonyl (C=O) groups excluding carboxylic acids is 4. The van der Waals surface area contributed by atoms with E-state index in [9.17, 15) is 19.2 Å². The number of hydrogen-bond donors (Lipinski definition) is 3. The maximum atomic E-state index is 11.7. The van der Waals surface area contributed by atoms with Crippen molar-refractivity contribution in [3.8, 4) is 0 Å². The molecule has 0 heterocycles. The molecule has 1 unspecified atom stereocenters. The summed E-state index contributed by atoms with van der Waals surface area (Å²) in [6.45, 7) is 4.53. The summed E-state index contributed by atoms with van der Waals surface area (Å²) in [5, 5.41) is 4.25. The van der Waals surface area contributed by atoms with Crippen molar-refractivity contribution in [2.24, 2.45) is 5.73 Å². The van der Waals surface area contributed by atoms with Gasteiger partial charge in [0.1, 0.15) is 6.04 Å². The van der Waals surface area contributed by atoms with E-state index in [1.807, 2.05) is 0 Å². The van der Waals surface area contributed by atoms with E-state index in [4.69, 9.17) is 5.73 Å². The molecule has 0 saturated carbocycles. The summed E-state index contributed by atoms with van der Waals surface area (Å²) in [6.07, 6.45) is 0. The van der Waals surface area contributed by atoms with Crippen LogP contribution in [0.2, 0.25) is 0 Å². The zero-order valence-corrected chi connectivity index (χ0v) is 11.6. The highest BCUT2D eigenvalue weighted by Gasteiger charge is 2.32. The van der Waals surface area contributed by atoms with Gasteiger partial charge in [0.15, 0.2) is 0 Å². The molecule has 0 saturated heterocycles. The summed E-state index contributed by atoms with van der Waals surface area (Å²) in [7, 11) is 0. The van der Waals surface area contributed by atoms with E-state index < -0.39 is 36.0 Å². The molecule has 0 fully saturated rings. The molecule has 0 aromatic rings. The SMILES string of the molecule is CCOC(=O)C(NC(=O)C(C)NC(N)=O)C(=O)OCC. The number of amides is 3. The number of nitrogens with two attached hydrogens (primary N) is 1. The lowest BCUT2D eigenvalue weighted by Gasteiger charge is -2.18. The molecule has 20 heavy (non-hydrogen) atoms. The molecule has 4 N–H and O–H groups in total. The largest absolute Gasteiger partial charge is 0.464 e. The van der Waals surface area contributed by atoms with Gasteiger partial charge in [0.05, 0.1) is 13.2 Å². The first-order valence-electron chi connectivity index (χ1n) is 6.03. The normalized spacial score (nSPS) is 11.4. The second kappa shape index (κ2) is 8.73. The van der Waals surface area contributed by atoms with Gasteiger partial charge in [-0.1, -0.05) is 0 Å². The van der Waals surface area contributed by atoms with Crippen molar-refractivity contribution in [3.05, 3.63) is 0 Å². The number of carbonyl (C=O) groups is 4. The van der Waals surface area contributed by atoms with Gasteiger partial charge in [-0.25, -0.2) is 14.4 Å². The Bertz CT molecular complexity index is 366. The van der Waals surface area contributed by atoms with Crippen LogP contribution in [0.3, 0.4) is 0 Å². The number of primary amides is 1. The van der Waals surface area contributed by atoms with Crippen LogP contribution in [0.1, 0.15) is 20.8 Å². The van der Waals surface area contributed by atoms with Crippen LogP contribution in [-0.2, 0) is 23.9 Å². The van der Waals surface area contributed by atoms with Crippen LogP contribution in [0.5, 0.6) is 0 Å². The monoisotopic (exact) mass is 289 g/mol. The topological polar surface area (TPSA) is 137 Å². The van der Waals surface area contributed by atoms with Gasteiger partial charge in [-0.2, -0.15) is 0 Å². The van der Waals surface area contributed by atoms with E-state index in [0.717, 1.165) is 0 Å². The van der Waals surface area contributed by atoms with E-state index in [1.165, 1.54) is 6.92 Å². The molecule has 0 radical (unpaired) electrons. The number of urea groups is 1. The van der Waals surface area contributed by atoms with E-state index in [0.29, 0.717) is 0 Å². The van der Waals surface area contributed by atoms with Crippen LogP contribution in [-0.4, -0.2) is 49.2 Å². The molecule has 1 atom stereocenters. The van der Waals surface area contributed by atoms with Crippen LogP contribution in [0.4, 0.5) is 4.79 Å². The van der Waals surface area contributed by atoms with E-state index in [1.54, 1.807) is 13.8 Å². The zero-order chi connectivity index (χ0) is 15.7. The van der Waals surface area contributed by atoms with Crippen LogP contribution in [0.15, 0.2) is 0 Å². The Morgan fingerprint density at radius 3 is 1.80 bits per heavy atom. The molecule has 3 amide bonds. The van der Waals surface area contributed by atoms with E-state index in [-0.39, 0.29) is 13.2 Å². The second-order valence-corrected chi connectivity index (χ2v) is 3.68. The van der Waals surface area contributed by atoms with Gasteiger partial charge in [0.2, 0.25) is 11.9 Å². The van der Waals surface area contributed by atoms with Gasteiger partial charge in [0, 0.05) is 0 Å². The van der Waals surface area contributed by atoms with Crippen molar-refractivity contribution < 1.29 is 28.7 Å². The predicted octanol–water partition coefficient (Wildman–Crippen LogP) is -1.35. The van der Waals surface area contributed by atoms with Crippen molar-refractivity contribution in [3.63, 3.8) is 0 Å². The molecule has 0 spiro atoms. The summed E-state index contributed by atoms with van der Waals surface area (Å²) in [6, 6.07) is -3.50. The van der Waals surface area contributed by atoms with E-state index in [2.05, 4.69) is 20.1 Å². The third kappa shape index (κ3) is 6.03. The fourth-order valence-corrected chi connectivity index (χ4v) is 1.21. The van der Waals surface area contributed by atoms with Gasteiger partial charge in [-0.15, -0.1) is 0 Å². The van der Waals surface area contributed by atoms with Crippen molar-refractivity contribution in [2.75, 3.05) is 13.2 Å². The highest BCUT2D eigenvalue weighted by atomic mass is 16.6. The average molecular weight is 289 g/mol. The van der Waals surface area contributed by atoms with Crippen LogP contribution < -0.4 is 16.4 Å². The molecule has 114 valence electrons. The standard InChI is InChI=1S/C11H19N3O6/c1-4-19-9(16)7(10(17)20-5-2)14-8(15)6(3)13-11(12)18/h6-7H,4-5H2,1-3H3,(H,14,15)(H3,12,13,18). The molecule has 0 bridgehead atoms. The first kappa shape index (κ1) is 17.7. The number of hydrogen-bond acceptors (Lipinski definition) is 6. The molecule has 9 heteroatoms. The maximum absolute atomic E-state index is 11.7. The average Bonchev–Trinajstić information content (AvgIpc) is 2.35. The van der Waals surface area contributed by atoms with Crippen molar-refractivity contribution in [1.82, 2.24) is 10.6 Å².